The third kappa shape index (κ3) is 5.01. The highest BCUT2D eigenvalue weighted by Gasteiger charge is 2.15. The first-order valence-electron chi connectivity index (χ1n) is 11.3. The Kier molecular flexibility index (Phi) is 7.06. The van der Waals surface area contributed by atoms with E-state index in [0.717, 1.165) is 45.1 Å². The Morgan fingerprint density at radius 1 is 1.15 bits per heavy atom. The summed E-state index contributed by atoms with van der Waals surface area (Å²) in [4.78, 5) is 32.7. The maximum atomic E-state index is 11.9. The molecule has 2 N–H and O–H groups in total. The molecule has 0 fully saturated rings. The molecule has 0 bridgehead atoms. The summed E-state index contributed by atoms with van der Waals surface area (Å²) >= 11 is 0. The zero-order valence-corrected chi connectivity index (χ0v) is 19.6. The second-order valence-electron chi connectivity index (χ2n) is 8.01. The summed E-state index contributed by atoms with van der Waals surface area (Å²) < 4.78 is 10.8. The van der Waals surface area contributed by atoms with Gasteiger partial charge >= 0.3 is 5.97 Å². The number of benzene rings is 3. The first-order valence-corrected chi connectivity index (χ1v) is 11.3. The number of methoxy groups -OCH3 is 1. The maximum absolute atomic E-state index is 11.9. The van der Waals surface area contributed by atoms with Crippen molar-refractivity contribution in [2.45, 2.75) is 26.7 Å². The van der Waals surface area contributed by atoms with Crippen LogP contribution in [-0.2, 0) is 14.3 Å². The van der Waals surface area contributed by atoms with Gasteiger partial charge in [0.25, 0.3) is 0 Å². The highest BCUT2D eigenvalue weighted by molar-refractivity contribution is 5.96. The molecule has 1 aliphatic heterocycles. The lowest BCUT2D eigenvalue weighted by Crippen LogP contribution is -2.30. The molecule has 0 spiro atoms. The van der Waals surface area contributed by atoms with E-state index in [2.05, 4.69) is 29.2 Å². The molecular formula is C26H28N4O4. The van der Waals surface area contributed by atoms with Gasteiger partial charge in [0.2, 0.25) is 5.91 Å². The van der Waals surface area contributed by atoms with Crippen molar-refractivity contribution >= 4 is 39.4 Å². The predicted octanol–water partition coefficient (Wildman–Crippen LogP) is 3.80. The summed E-state index contributed by atoms with van der Waals surface area (Å²) in [5, 5.41) is 8.63. The summed E-state index contributed by atoms with van der Waals surface area (Å²) in [6.07, 6.45) is 0.826. The van der Waals surface area contributed by atoms with Gasteiger partial charge in [-0.1, -0.05) is 24.3 Å². The molecule has 4 rings (SSSR count). The van der Waals surface area contributed by atoms with Crippen LogP contribution >= 0.6 is 0 Å². The highest BCUT2D eigenvalue weighted by Crippen LogP contribution is 2.32. The van der Waals surface area contributed by atoms with Crippen LogP contribution in [0.3, 0.4) is 0 Å². The first-order chi connectivity index (χ1) is 16.5. The van der Waals surface area contributed by atoms with Crippen LogP contribution < -0.4 is 16.0 Å². The number of esters is 1. The molecule has 8 nitrogen and oxygen atoms in total. The van der Waals surface area contributed by atoms with Gasteiger partial charge in [0.05, 0.1) is 12.5 Å². The van der Waals surface area contributed by atoms with Crippen molar-refractivity contribution in [2.24, 2.45) is 4.99 Å². The fourth-order valence-corrected chi connectivity index (χ4v) is 3.87. The normalized spacial score (nSPS) is 11.8. The molecule has 1 aliphatic carbocycles. The Morgan fingerprint density at radius 3 is 2.71 bits per heavy atom. The lowest BCUT2D eigenvalue weighted by Gasteiger charge is -2.13. The van der Waals surface area contributed by atoms with Crippen LogP contribution in [0.5, 0.6) is 0 Å². The van der Waals surface area contributed by atoms with E-state index in [1.54, 1.807) is 0 Å². The van der Waals surface area contributed by atoms with Gasteiger partial charge in [-0.3, -0.25) is 14.6 Å². The average molecular weight is 461 g/mol. The number of nitrogens with zero attached hydrogens (tertiary/aromatic N) is 2. The van der Waals surface area contributed by atoms with Crippen LogP contribution in [0.4, 0.5) is 5.69 Å². The largest absolute Gasteiger partial charge is 0.468 e. The molecule has 2 aliphatic rings. The number of amides is 1. The van der Waals surface area contributed by atoms with Crippen LogP contribution in [0, 0.1) is 6.92 Å². The van der Waals surface area contributed by atoms with Gasteiger partial charge in [0, 0.05) is 48.1 Å². The number of aromatic nitrogens is 1. The molecule has 2 aromatic rings. The number of hydrogen-bond acceptors (Lipinski definition) is 7. The van der Waals surface area contributed by atoms with E-state index >= 15 is 0 Å². The highest BCUT2D eigenvalue weighted by atomic mass is 16.5. The first kappa shape index (κ1) is 23.2. The van der Waals surface area contributed by atoms with Crippen molar-refractivity contribution in [3.05, 3.63) is 53.4 Å². The van der Waals surface area contributed by atoms with Crippen LogP contribution in [0.25, 0.3) is 33.3 Å². The van der Waals surface area contributed by atoms with E-state index in [0.29, 0.717) is 24.3 Å². The summed E-state index contributed by atoms with van der Waals surface area (Å²) in [5.41, 5.74) is 4.44. The third-order valence-corrected chi connectivity index (χ3v) is 5.59. The van der Waals surface area contributed by atoms with Crippen LogP contribution in [-0.4, -0.2) is 43.6 Å². The van der Waals surface area contributed by atoms with Crippen LogP contribution in [0.1, 0.15) is 25.3 Å². The van der Waals surface area contributed by atoms with E-state index in [9.17, 15) is 9.59 Å². The molecule has 8 heteroatoms. The number of carbonyl (C=O) groups excluding carboxylic acids is 2. The van der Waals surface area contributed by atoms with E-state index in [4.69, 9.17) is 14.4 Å². The molecule has 0 unspecified atom stereocenters. The number of hydrogen-bond donors (Lipinski definition) is 2. The predicted molar refractivity (Wildman–Crippen MR) is 132 cm³/mol. The van der Waals surface area contributed by atoms with E-state index < -0.39 is 5.97 Å². The summed E-state index contributed by atoms with van der Waals surface area (Å²) in [7, 11) is 1.29. The van der Waals surface area contributed by atoms with Gasteiger partial charge in [0.15, 0.2) is 11.3 Å². The Morgan fingerprint density at radius 2 is 1.94 bits per heavy atom. The van der Waals surface area contributed by atoms with E-state index in [-0.39, 0.29) is 18.9 Å². The Labute approximate surface area is 197 Å². The minimum absolute atomic E-state index is 0.126. The van der Waals surface area contributed by atoms with Crippen molar-refractivity contribution in [3.63, 3.8) is 0 Å². The Balaban J connectivity index is 1.66. The maximum Gasteiger partial charge on any atom is 0.325 e. The number of fused-ring (bicyclic) bond motifs is 4. The van der Waals surface area contributed by atoms with Crippen molar-refractivity contribution < 1.29 is 18.7 Å². The number of ether oxygens (including phenoxy) is 1. The van der Waals surface area contributed by atoms with Crippen molar-refractivity contribution in [2.75, 3.05) is 32.1 Å². The monoisotopic (exact) mass is 460 g/mol. The van der Waals surface area contributed by atoms with Gasteiger partial charge in [0.1, 0.15) is 17.8 Å². The molecule has 0 saturated carbocycles. The number of rotatable bonds is 8. The smallest absolute Gasteiger partial charge is 0.325 e. The fraction of sp³-hybridized carbons (Fsp3) is 0.308. The minimum Gasteiger partial charge on any atom is -0.468 e. The SMILES string of the molecule is CCNc1cc2oc3cc(=NCCCC(=O)NCC(=O)OC)c4ccccc4c-3nc2cc1C. The number of aryl methyl sites for hydroxylation is 1. The molecule has 0 aromatic heterocycles. The van der Waals surface area contributed by atoms with Gasteiger partial charge in [-0.2, -0.15) is 0 Å². The molecular weight excluding hydrogens is 432 g/mol. The Bertz CT molecular complexity index is 1390. The summed E-state index contributed by atoms with van der Waals surface area (Å²) in [5.74, 6) is -0.0215. The van der Waals surface area contributed by atoms with E-state index in [1.165, 1.54) is 7.11 Å². The van der Waals surface area contributed by atoms with Crippen molar-refractivity contribution in [1.29, 1.82) is 0 Å². The average Bonchev–Trinajstić information content (AvgIpc) is 2.84. The zero-order chi connectivity index (χ0) is 24.1. The number of anilines is 1. The van der Waals surface area contributed by atoms with Gasteiger partial charge in [-0.15, -0.1) is 0 Å². The molecule has 34 heavy (non-hydrogen) atoms. The van der Waals surface area contributed by atoms with Gasteiger partial charge in [-0.25, -0.2) is 4.98 Å². The fourth-order valence-electron chi connectivity index (χ4n) is 3.87. The van der Waals surface area contributed by atoms with E-state index in [1.807, 2.05) is 42.5 Å². The third-order valence-electron chi connectivity index (χ3n) is 5.59. The van der Waals surface area contributed by atoms with Crippen LogP contribution in [0.2, 0.25) is 0 Å². The van der Waals surface area contributed by atoms with Gasteiger partial charge < -0.3 is 19.8 Å². The summed E-state index contributed by atoms with van der Waals surface area (Å²) in [6.45, 7) is 5.27. The standard InChI is InChI=1S/C26H28N4O4/c1-4-27-19-13-22-21(12-16(19)2)30-26-18-9-6-5-8-17(18)20(14-23(26)34-22)28-11-7-10-24(31)29-15-25(32)33-3/h5-6,8-9,12-14,27H,4,7,10-11,15H2,1-3H3,(H,29,31). The molecule has 176 valence electrons. The molecule has 0 radical (unpaired) electrons. The quantitative estimate of drug-likeness (QED) is 0.179. The topological polar surface area (TPSA) is 106 Å². The molecule has 1 amide bonds. The number of nitrogens with one attached hydrogen (secondary N) is 2. The second kappa shape index (κ2) is 10.3. The lowest BCUT2D eigenvalue weighted by molar-refractivity contribution is -0.141. The second-order valence-corrected chi connectivity index (χ2v) is 8.01. The lowest BCUT2D eigenvalue weighted by atomic mass is 10.0. The van der Waals surface area contributed by atoms with Gasteiger partial charge in [-0.05, 0) is 31.9 Å². The zero-order valence-electron chi connectivity index (χ0n) is 19.6. The minimum atomic E-state index is -0.474. The van der Waals surface area contributed by atoms with Crippen LogP contribution in [0.15, 0.2) is 51.9 Å². The molecule has 0 saturated heterocycles. The van der Waals surface area contributed by atoms with Crippen molar-refractivity contribution in [1.82, 2.24) is 10.3 Å². The Hall–Kier alpha value is -3.94. The van der Waals surface area contributed by atoms with Crippen molar-refractivity contribution in [3.8, 4) is 11.5 Å². The molecule has 1 heterocycles. The molecule has 2 aromatic carbocycles. The molecule has 0 atom stereocenters. The summed E-state index contributed by atoms with van der Waals surface area (Å²) in [6, 6.07) is 13.9. The number of carbonyl (C=O) groups is 2.